The van der Waals surface area contributed by atoms with Gasteiger partial charge in [0.05, 0.1) is 11.5 Å². The van der Waals surface area contributed by atoms with Crippen molar-refractivity contribution in [2.24, 2.45) is 11.0 Å². The van der Waals surface area contributed by atoms with Gasteiger partial charge in [-0.15, -0.1) is 0 Å². The average molecular weight is 458 g/mol. The van der Waals surface area contributed by atoms with Crippen molar-refractivity contribution in [3.8, 4) is 5.75 Å². The molecule has 0 heterocycles. The maximum Gasteiger partial charge on any atom is 0.271 e. The van der Waals surface area contributed by atoms with Crippen LogP contribution in [-0.4, -0.2) is 26.6 Å². The van der Waals surface area contributed by atoms with Crippen LogP contribution in [0.2, 0.25) is 0 Å². The van der Waals surface area contributed by atoms with Crippen LogP contribution in [0, 0.1) is 5.92 Å². The maximum atomic E-state index is 12.6. The molecule has 32 heavy (non-hydrogen) atoms. The summed E-state index contributed by atoms with van der Waals surface area (Å²) in [6.07, 6.45) is 6.58. The fourth-order valence-corrected chi connectivity index (χ4v) is 4.86. The highest BCUT2D eigenvalue weighted by Gasteiger charge is 2.18. The number of hydrogen-bond donors (Lipinski definition) is 2. The summed E-state index contributed by atoms with van der Waals surface area (Å²) in [5, 5.41) is 4.29. The van der Waals surface area contributed by atoms with Gasteiger partial charge < -0.3 is 4.74 Å². The van der Waals surface area contributed by atoms with E-state index in [1.807, 2.05) is 6.92 Å². The summed E-state index contributed by atoms with van der Waals surface area (Å²) in [5.74, 6) is 1.07. The number of carbonyl (C=O) groups excluding carboxylic acids is 1. The lowest BCUT2D eigenvalue weighted by molar-refractivity contribution is 0.0954. The van der Waals surface area contributed by atoms with Gasteiger partial charge in [-0.2, -0.15) is 5.10 Å². The van der Waals surface area contributed by atoms with Crippen molar-refractivity contribution in [2.75, 3.05) is 11.3 Å². The van der Waals surface area contributed by atoms with E-state index >= 15 is 0 Å². The number of nitrogens with one attached hydrogen (secondary N) is 2. The first-order chi connectivity index (χ1) is 15.4. The van der Waals surface area contributed by atoms with Crippen LogP contribution in [0.4, 0.5) is 5.69 Å². The summed E-state index contributed by atoms with van der Waals surface area (Å²) in [5.41, 5.74) is 4.44. The second kappa shape index (κ2) is 11.1. The molecule has 2 N–H and O–H groups in total. The molecule has 8 heteroatoms. The number of anilines is 1. The molecule has 1 aliphatic carbocycles. The lowest BCUT2D eigenvalue weighted by Gasteiger charge is -2.22. The molecule has 7 nitrogen and oxygen atoms in total. The first kappa shape index (κ1) is 23.8. The van der Waals surface area contributed by atoms with Gasteiger partial charge in [0.2, 0.25) is 0 Å². The van der Waals surface area contributed by atoms with Crippen molar-refractivity contribution in [1.29, 1.82) is 0 Å². The Labute approximate surface area is 190 Å². The van der Waals surface area contributed by atoms with Gasteiger partial charge in [-0.3, -0.25) is 9.52 Å². The smallest absolute Gasteiger partial charge is 0.271 e. The predicted octanol–water partition coefficient (Wildman–Crippen LogP) is 4.96. The first-order valence-corrected chi connectivity index (χ1v) is 12.6. The molecule has 172 valence electrons. The highest BCUT2D eigenvalue weighted by atomic mass is 32.2. The van der Waals surface area contributed by atoms with E-state index in [9.17, 15) is 13.2 Å². The van der Waals surface area contributed by atoms with Crippen molar-refractivity contribution >= 4 is 27.3 Å². The number of benzene rings is 2. The van der Waals surface area contributed by atoms with Crippen molar-refractivity contribution < 1.29 is 17.9 Å². The highest BCUT2D eigenvalue weighted by Crippen LogP contribution is 2.26. The Balaban J connectivity index is 1.56. The largest absolute Gasteiger partial charge is 0.494 e. The molecule has 1 saturated carbocycles. The zero-order valence-corrected chi connectivity index (χ0v) is 19.5. The quantitative estimate of drug-likeness (QED) is 0.520. The number of carbonyl (C=O) groups is 1. The zero-order chi connectivity index (χ0) is 23.0. The number of sulfonamides is 1. The van der Waals surface area contributed by atoms with Crippen molar-refractivity contribution in [1.82, 2.24) is 5.43 Å². The van der Waals surface area contributed by atoms with Crippen LogP contribution in [0.5, 0.6) is 5.75 Å². The monoisotopic (exact) mass is 457 g/mol. The number of amides is 1. The van der Waals surface area contributed by atoms with Gasteiger partial charge in [-0.25, -0.2) is 13.8 Å². The van der Waals surface area contributed by atoms with Crippen molar-refractivity contribution in [3.63, 3.8) is 0 Å². The van der Waals surface area contributed by atoms with Crippen LogP contribution in [0.15, 0.2) is 58.5 Å². The molecule has 2 aromatic carbocycles. The lowest BCUT2D eigenvalue weighted by atomic mass is 9.85. The van der Waals surface area contributed by atoms with E-state index in [2.05, 4.69) is 22.2 Å². The number of nitrogens with zero attached hydrogens (tertiary/aromatic N) is 1. The van der Waals surface area contributed by atoms with Gasteiger partial charge in [0.1, 0.15) is 5.75 Å². The molecule has 3 rings (SSSR count). The van der Waals surface area contributed by atoms with Gasteiger partial charge in [0.15, 0.2) is 0 Å². The molecule has 0 spiro atoms. The normalized spacial score (nSPS) is 16.3. The van der Waals surface area contributed by atoms with Crippen LogP contribution in [-0.2, 0) is 10.0 Å². The third-order valence-electron chi connectivity index (χ3n) is 5.54. The van der Waals surface area contributed by atoms with E-state index in [4.69, 9.17) is 4.74 Å². The Morgan fingerprint density at radius 3 is 2.28 bits per heavy atom. The fourth-order valence-electron chi connectivity index (χ4n) is 3.80. The fraction of sp³-hybridized carbons (Fsp3) is 0.417. The second-order valence-corrected chi connectivity index (χ2v) is 9.62. The summed E-state index contributed by atoms with van der Waals surface area (Å²) in [6, 6.07) is 12.5. The van der Waals surface area contributed by atoms with E-state index < -0.39 is 10.0 Å². The minimum atomic E-state index is -3.74. The number of hydrazone groups is 1. The average Bonchev–Trinajstić information content (AvgIpc) is 2.79. The molecule has 2 aromatic rings. The van der Waals surface area contributed by atoms with E-state index in [1.165, 1.54) is 25.0 Å². The number of hydrogen-bond acceptors (Lipinski definition) is 5. The first-order valence-electron chi connectivity index (χ1n) is 11.1. The van der Waals surface area contributed by atoms with Gasteiger partial charge >= 0.3 is 0 Å². The molecule has 0 aromatic heterocycles. The van der Waals surface area contributed by atoms with Crippen LogP contribution in [0.3, 0.4) is 0 Å². The Morgan fingerprint density at radius 1 is 1.03 bits per heavy atom. The topological polar surface area (TPSA) is 96.9 Å². The van der Waals surface area contributed by atoms with Crippen molar-refractivity contribution in [3.05, 3.63) is 54.1 Å². The third kappa shape index (κ3) is 6.56. The summed E-state index contributed by atoms with van der Waals surface area (Å²) in [6.45, 7) is 4.58. The second-order valence-electron chi connectivity index (χ2n) is 7.94. The Kier molecular flexibility index (Phi) is 8.27. The molecule has 0 saturated heterocycles. The molecular weight excluding hydrogens is 426 g/mol. The van der Waals surface area contributed by atoms with Crippen molar-refractivity contribution in [2.45, 2.75) is 57.3 Å². The molecule has 0 bridgehead atoms. The zero-order valence-electron chi connectivity index (χ0n) is 18.6. The van der Waals surface area contributed by atoms with Crippen LogP contribution in [0.1, 0.15) is 62.7 Å². The van der Waals surface area contributed by atoms with E-state index in [1.54, 1.807) is 36.4 Å². The minimum Gasteiger partial charge on any atom is -0.494 e. The van der Waals surface area contributed by atoms with Crippen LogP contribution >= 0.6 is 0 Å². The van der Waals surface area contributed by atoms with Gasteiger partial charge in [-0.05, 0) is 87.1 Å². The summed E-state index contributed by atoms with van der Waals surface area (Å²) >= 11 is 0. The molecule has 1 aliphatic rings. The summed E-state index contributed by atoms with van der Waals surface area (Å²) in [4.78, 5) is 12.5. The number of ether oxygens (including phenoxy) is 1. The van der Waals surface area contributed by atoms with Gasteiger partial charge in [-0.1, -0.05) is 19.8 Å². The van der Waals surface area contributed by atoms with E-state index in [0.717, 1.165) is 37.3 Å². The lowest BCUT2D eigenvalue weighted by Crippen LogP contribution is -2.22. The van der Waals surface area contributed by atoms with E-state index in [-0.39, 0.29) is 10.8 Å². The summed E-state index contributed by atoms with van der Waals surface area (Å²) in [7, 11) is -3.74. The SMILES string of the molecule is CCCC1CCC(=NNC(=O)c2ccc(NS(=O)(=O)c3ccc(OCC)cc3)cc2)CC1. The molecule has 0 aliphatic heterocycles. The maximum absolute atomic E-state index is 12.6. The van der Waals surface area contributed by atoms with Crippen LogP contribution < -0.4 is 14.9 Å². The van der Waals surface area contributed by atoms with Crippen LogP contribution in [0.25, 0.3) is 0 Å². The Hall–Kier alpha value is -2.87. The predicted molar refractivity (Wildman–Crippen MR) is 127 cm³/mol. The number of rotatable bonds is 9. The molecule has 0 radical (unpaired) electrons. The molecular formula is C24H31N3O4S. The standard InChI is InChI=1S/C24H31N3O4S/c1-3-5-18-6-10-20(11-7-18)25-26-24(28)19-8-12-21(13-9-19)27-32(29,30)23-16-14-22(15-17-23)31-4-2/h8-9,12-18,27H,3-7,10-11H2,1-2H3,(H,26,28). The Bertz CT molecular complexity index is 1020. The third-order valence-corrected chi connectivity index (χ3v) is 6.94. The van der Waals surface area contributed by atoms with Gasteiger partial charge in [0.25, 0.3) is 15.9 Å². The molecule has 0 unspecified atom stereocenters. The molecule has 0 atom stereocenters. The minimum absolute atomic E-state index is 0.132. The van der Waals surface area contributed by atoms with E-state index in [0.29, 0.717) is 23.6 Å². The molecule has 1 amide bonds. The summed E-state index contributed by atoms with van der Waals surface area (Å²) < 4.78 is 33.0. The molecule has 1 fully saturated rings. The highest BCUT2D eigenvalue weighted by molar-refractivity contribution is 7.92. The Morgan fingerprint density at radius 2 is 1.69 bits per heavy atom. The van der Waals surface area contributed by atoms with Gasteiger partial charge in [0, 0.05) is 17.0 Å².